The largest absolute Gasteiger partial charge is 0.330 e. The van der Waals surface area contributed by atoms with Gasteiger partial charge in [0.05, 0.1) is 4.47 Å². The van der Waals surface area contributed by atoms with Crippen LogP contribution in [-0.2, 0) is 5.41 Å². The molecule has 0 heterocycles. The summed E-state index contributed by atoms with van der Waals surface area (Å²) >= 11 is 3.23. The maximum absolute atomic E-state index is 14.0. The minimum absolute atomic E-state index is 0.117. The van der Waals surface area contributed by atoms with Gasteiger partial charge in [-0.2, -0.15) is 0 Å². The van der Waals surface area contributed by atoms with Gasteiger partial charge in [0.25, 0.3) is 0 Å². The second kappa shape index (κ2) is 4.22. The van der Waals surface area contributed by atoms with Gasteiger partial charge < -0.3 is 5.73 Å². The van der Waals surface area contributed by atoms with E-state index in [4.69, 9.17) is 5.73 Å². The van der Waals surface area contributed by atoms with E-state index in [1.807, 2.05) is 12.1 Å². The van der Waals surface area contributed by atoms with Crippen LogP contribution in [0.15, 0.2) is 22.7 Å². The van der Waals surface area contributed by atoms with Gasteiger partial charge in [-0.05, 0) is 40.4 Å². The number of hydrogen-bond acceptors (Lipinski definition) is 1. The molecule has 0 atom stereocenters. The Morgan fingerprint density at radius 1 is 1.33 bits per heavy atom. The van der Waals surface area contributed by atoms with Crippen LogP contribution < -0.4 is 5.73 Å². The van der Waals surface area contributed by atoms with Gasteiger partial charge in [0, 0.05) is 12.0 Å². The van der Waals surface area contributed by atoms with Crippen LogP contribution in [0.1, 0.15) is 31.2 Å². The van der Waals surface area contributed by atoms with Crippen molar-refractivity contribution in [3.05, 3.63) is 34.1 Å². The van der Waals surface area contributed by atoms with E-state index in [0.29, 0.717) is 11.0 Å². The predicted molar refractivity (Wildman–Crippen MR) is 63.3 cm³/mol. The van der Waals surface area contributed by atoms with E-state index in [1.165, 1.54) is 0 Å². The van der Waals surface area contributed by atoms with Crippen LogP contribution in [0.4, 0.5) is 4.39 Å². The van der Waals surface area contributed by atoms with Crippen molar-refractivity contribution in [1.29, 1.82) is 0 Å². The highest BCUT2D eigenvalue weighted by Gasteiger charge is 2.36. The molecule has 1 fully saturated rings. The van der Waals surface area contributed by atoms with E-state index >= 15 is 0 Å². The number of nitrogens with two attached hydrogens (primary N) is 1. The third kappa shape index (κ3) is 1.83. The molecule has 0 unspecified atom stereocenters. The molecule has 0 radical (unpaired) electrons. The average Bonchev–Trinajstić information content (AvgIpc) is 2.72. The first kappa shape index (κ1) is 11.1. The maximum Gasteiger partial charge on any atom is 0.141 e. The number of benzene rings is 1. The summed E-state index contributed by atoms with van der Waals surface area (Å²) in [5.41, 5.74) is 6.51. The van der Waals surface area contributed by atoms with E-state index in [9.17, 15) is 4.39 Å². The van der Waals surface area contributed by atoms with Gasteiger partial charge in [-0.15, -0.1) is 0 Å². The Labute approximate surface area is 98.0 Å². The highest BCUT2D eigenvalue weighted by Crippen LogP contribution is 2.42. The Hall–Kier alpha value is -0.410. The minimum atomic E-state index is -0.134. The van der Waals surface area contributed by atoms with Crippen molar-refractivity contribution in [2.45, 2.75) is 31.1 Å². The predicted octanol–water partition coefficient (Wildman–Crippen LogP) is 3.36. The van der Waals surface area contributed by atoms with Crippen molar-refractivity contribution in [2.24, 2.45) is 5.73 Å². The Balaban J connectivity index is 2.47. The molecule has 1 aromatic carbocycles. The molecule has 0 aliphatic heterocycles. The summed E-state index contributed by atoms with van der Waals surface area (Å²) in [5, 5.41) is 0. The number of rotatable bonds is 2. The van der Waals surface area contributed by atoms with Gasteiger partial charge in [0.2, 0.25) is 0 Å². The third-order valence-corrected chi connectivity index (χ3v) is 4.09. The number of halogens is 2. The molecule has 3 heteroatoms. The topological polar surface area (TPSA) is 26.0 Å². The molecule has 1 aliphatic carbocycles. The van der Waals surface area contributed by atoms with E-state index in [-0.39, 0.29) is 11.2 Å². The van der Waals surface area contributed by atoms with Crippen molar-refractivity contribution < 1.29 is 4.39 Å². The van der Waals surface area contributed by atoms with Crippen LogP contribution in [0.3, 0.4) is 0 Å². The highest BCUT2D eigenvalue weighted by atomic mass is 79.9. The Morgan fingerprint density at radius 2 is 2.00 bits per heavy atom. The average molecular weight is 272 g/mol. The van der Waals surface area contributed by atoms with Crippen molar-refractivity contribution in [3.8, 4) is 0 Å². The van der Waals surface area contributed by atoms with Gasteiger partial charge in [0.15, 0.2) is 0 Å². The molecule has 1 aliphatic rings. The molecule has 82 valence electrons. The molecule has 2 N–H and O–H groups in total. The SMILES string of the molecule is NCC1(c2cccc(Br)c2F)CCCC1. The van der Waals surface area contributed by atoms with Gasteiger partial charge >= 0.3 is 0 Å². The van der Waals surface area contributed by atoms with Crippen LogP contribution in [-0.4, -0.2) is 6.54 Å². The lowest BCUT2D eigenvalue weighted by molar-refractivity contribution is 0.425. The molecule has 0 spiro atoms. The van der Waals surface area contributed by atoms with Crippen LogP contribution >= 0.6 is 15.9 Å². The maximum atomic E-state index is 14.0. The Bertz CT molecular complexity index is 359. The standard InChI is InChI=1S/C12H15BrFN/c13-10-5-3-4-9(11(10)14)12(8-15)6-1-2-7-12/h3-5H,1-2,6-8,15H2. The molecular formula is C12H15BrFN. The highest BCUT2D eigenvalue weighted by molar-refractivity contribution is 9.10. The lowest BCUT2D eigenvalue weighted by Gasteiger charge is -2.28. The Kier molecular flexibility index (Phi) is 3.12. The summed E-state index contributed by atoms with van der Waals surface area (Å²) in [6.45, 7) is 0.542. The first-order chi connectivity index (χ1) is 7.19. The zero-order chi connectivity index (χ0) is 10.9. The summed E-state index contributed by atoms with van der Waals surface area (Å²) < 4.78 is 14.5. The zero-order valence-electron chi connectivity index (χ0n) is 8.60. The lowest BCUT2D eigenvalue weighted by Crippen LogP contribution is -2.33. The van der Waals surface area contributed by atoms with Gasteiger partial charge in [-0.1, -0.05) is 25.0 Å². The molecular weight excluding hydrogens is 257 g/mol. The molecule has 0 saturated heterocycles. The molecule has 2 rings (SSSR count). The van der Waals surface area contributed by atoms with Gasteiger partial charge in [0.1, 0.15) is 5.82 Å². The molecule has 0 amide bonds. The molecule has 1 aromatic rings. The fourth-order valence-corrected chi connectivity index (χ4v) is 2.91. The monoisotopic (exact) mass is 271 g/mol. The minimum Gasteiger partial charge on any atom is -0.330 e. The van der Waals surface area contributed by atoms with E-state index < -0.39 is 0 Å². The summed E-state index contributed by atoms with van der Waals surface area (Å²) in [4.78, 5) is 0. The quantitative estimate of drug-likeness (QED) is 0.877. The van der Waals surface area contributed by atoms with Gasteiger partial charge in [-0.25, -0.2) is 4.39 Å². The summed E-state index contributed by atoms with van der Waals surface area (Å²) in [5.74, 6) is -0.134. The van der Waals surface area contributed by atoms with Crippen molar-refractivity contribution in [2.75, 3.05) is 6.54 Å². The van der Waals surface area contributed by atoms with Crippen molar-refractivity contribution >= 4 is 15.9 Å². The molecule has 15 heavy (non-hydrogen) atoms. The van der Waals surface area contributed by atoms with Crippen molar-refractivity contribution in [3.63, 3.8) is 0 Å². The smallest absolute Gasteiger partial charge is 0.141 e. The molecule has 0 aromatic heterocycles. The Morgan fingerprint density at radius 3 is 2.60 bits per heavy atom. The summed E-state index contributed by atoms with van der Waals surface area (Å²) in [7, 11) is 0. The molecule has 1 nitrogen and oxygen atoms in total. The van der Waals surface area contributed by atoms with E-state index in [0.717, 1.165) is 31.2 Å². The van der Waals surface area contributed by atoms with Crippen LogP contribution in [0.5, 0.6) is 0 Å². The number of hydrogen-bond donors (Lipinski definition) is 1. The zero-order valence-corrected chi connectivity index (χ0v) is 10.2. The van der Waals surface area contributed by atoms with Gasteiger partial charge in [-0.3, -0.25) is 0 Å². The lowest BCUT2D eigenvalue weighted by atomic mass is 9.79. The van der Waals surface area contributed by atoms with E-state index in [2.05, 4.69) is 15.9 Å². The van der Waals surface area contributed by atoms with E-state index in [1.54, 1.807) is 6.07 Å². The van der Waals surface area contributed by atoms with Crippen LogP contribution in [0, 0.1) is 5.82 Å². The molecule has 0 bridgehead atoms. The summed E-state index contributed by atoms with van der Waals surface area (Å²) in [6, 6.07) is 5.49. The normalized spacial score (nSPS) is 19.4. The van der Waals surface area contributed by atoms with Crippen LogP contribution in [0.25, 0.3) is 0 Å². The third-order valence-electron chi connectivity index (χ3n) is 3.47. The first-order valence-electron chi connectivity index (χ1n) is 5.34. The fourth-order valence-electron chi connectivity index (χ4n) is 2.55. The summed E-state index contributed by atoms with van der Waals surface area (Å²) in [6.07, 6.45) is 4.33. The fraction of sp³-hybridized carbons (Fsp3) is 0.500. The second-order valence-corrected chi connectivity index (χ2v) is 5.15. The van der Waals surface area contributed by atoms with Crippen molar-refractivity contribution in [1.82, 2.24) is 0 Å². The first-order valence-corrected chi connectivity index (χ1v) is 6.13. The van der Waals surface area contributed by atoms with Crippen LogP contribution in [0.2, 0.25) is 0 Å². The molecule has 1 saturated carbocycles. The second-order valence-electron chi connectivity index (χ2n) is 4.29.